The van der Waals surface area contributed by atoms with Crippen molar-refractivity contribution in [2.24, 2.45) is 5.92 Å². The average molecular weight is 339 g/mol. The third-order valence-corrected chi connectivity index (χ3v) is 5.26. The molecular weight excluding hydrogens is 296 g/mol. The molecule has 1 amide bonds. The first kappa shape index (κ1) is 21.5. The molecule has 1 aliphatic heterocycles. The minimum Gasteiger partial charge on any atom is -0.356 e. The fourth-order valence-corrected chi connectivity index (χ4v) is 3.55. The minimum atomic E-state index is 0.219. The molecular formula is C21H42N2O. The van der Waals surface area contributed by atoms with Gasteiger partial charge in [0.25, 0.3) is 0 Å². The summed E-state index contributed by atoms with van der Waals surface area (Å²) in [5, 5.41) is 6.34. The van der Waals surface area contributed by atoms with Gasteiger partial charge in [-0.2, -0.15) is 0 Å². The van der Waals surface area contributed by atoms with E-state index in [2.05, 4.69) is 17.6 Å². The lowest BCUT2D eigenvalue weighted by Gasteiger charge is -2.09. The van der Waals surface area contributed by atoms with Gasteiger partial charge in [-0.25, -0.2) is 0 Å². The molecule has 1 aliphatic rings. The summed E-state index contributed by atoms with van der Waals surface area (Å²) in [6.07, 6.45) is 20.3. The summed E-state index contributed by atoms with van der Waals surface area (Å²) in [5.74, 6) is 0.478. The van der Waals surface area contributed by atoms with Gasteiger partial charge in [-0.1, -0.05) is 90.4 Å². The summed E-state index contributed by atoms with van der Waals surface area (Å²) in [4.78, 5) is 11.8. The van der Waals surface area contributed by atoms with Gasteiger partial charge in [0, 0.05) is 13.1 Å². The van der Waals surface area contributed by atoms with Crippen LogP contribution in [-0.2, 0) is 4.79 Å². The van der Waals surface area contributed by atoms with Crippen LogP contribution in [0.15, 0.2) is 0 Å². The van der Waals surface area contributed by atoms with Crippen LogP contribution in [0.2, 0.25) is 0 Å². The molecule has 142 valence electrons. The standard InChI is InChI=1S/C21H42N2O/c1-2-3-4-5-6-7-8-9-10-11-12-13-14-15-17-23-21(24)20-16-18-22-19-20/h20,22H,2-19H2,1H3,(H,23,24)/t20-/m0/s1. The van der Waals surface area contributed by atoms with Crippen molar-refractivity contribution < 1.29 is 4.79 Å². The number of carbonyl (C=O) groups is 1. The Morgan fingerprint density at radius 2 is 1.33 bits per heavy atom. The molecule has 2 N–H and O–H groups in total. The Morgan fingerprint density at radius 1 is 0.833 bits per heavy atom. The van der Waals surface area contributed by atoms with Gasteiger partial charge in [0.05, 0.1) is 5.92 Å². The fourth-order valence-electron chi connectivity index (χ4n) is 3.55. The van der Waals surface area contributed by atoms with Crippen molar-refractivity contribution >= 4 is 5.91 Å². The van der Waals surface area contributed by atoms with Crippen molar-refractivity contribution in [1.29, 1.82) is 0 Å². The van der Waals surface area contributed by atoms with E-state index in [9.17, 15) is 4.79 Å². The summed E-state index contributed by atoms with van der Waals surface area (Å²) in [6.45, 7) is 5.01. The van der Waals surface area contributed by atoms with Crippen molar-refractivity contribution in [2.75, 3.05) is 19.6 Å². The second-order valence-corrected chi connectivity index (χ2v) is 7.58. The Bertz CT molecular complexity index is 288. The molecule has 0 radical (unpaired) electrons. The molecule has 1 saturated heterocycles. The van der Waals surface area contributed by atoms with Gasteiger partial charge in [0.1, 0.15) is 0 Å². The van der Waals surface area contributed by atoms with Crippen LogP contribution in [0.5, 0.6) is 0 Å². The van der Waals surface area contributed by atoms with Crippen molar-refractivity contribution in [2.45, 2.75) is 103 Å². The molecule has 0 aromatic rings. The Labute approximate surface area is 150 Å². The zero-order valence-electron chi connectivity index (χ0n) is 16.2. The third-order valence-electron chi connectivity index (χ3n) is 5.26. The highest BCUT2D eigenvalue weighted by Gasteiger charge is 2.21. The summed E-state index contributed by atoms with van der Waals surface area (Å²) in [7, 11) is 0. The van der Waals surface area contributed by atoms with Crippen molar-refractivity contribution in [3.05, 3.63) is 0 Å². The fraction of sp³-hybridized carbons (Fsp3) is 0.952. The molecule has 1 heterocycles. The maximum atomic E-state index is 11.8. The van der Waals surface area contributed by atoms with Gasteiger partial charge >= 0.3 is 0 Å². The molecule has 0 spiro atoms. The molecule has 3 nitrogen and oxygen atoms in total. The lowest BCUT2D eigenvalue weighted by Crippen LogP contribution is -2.32. The predicted octanol–water partition coefficient (Wildman–Crippen LogP) is 5.19. The third kappa shape index (κ3) is 11.9. The number of nitrogens with one attached hydrogen (secondary N) is 2. The van der Waals surface area contributed by atoms with E-state index >= 15 is 0 Å². The number of hydrogen-bond acceptors (Lipinski definition) is 2. The van der Waals surface area contributed by atoms with E-state index in [1.54, 1.807) is 0 Å². The van der Waals surface area contributed by atoms with Crippen LogP contribution in [-0.4, -0.2) is 25.5 Å². The average Bonchev–Trinajstić information content (AvgIpc) is 3.13. The molecule has 0 saturated carbocycles. The smallest absolute Gasteiger partial charge is 0.224 e. The number of amides is 1. The van der Waals surface area contributed by atoms with E-state index in [-0.39, 0.29) is 11.8 Å². The van der Waals surface area contributed by atoms with Crippen molar-refractivity contribution in [1.82, 2.24) is 10.6 Å². The van der Waals surface area contributed by atoms with Gasteiger partial charge in [0.2, 0.25) is 5.91 Å². The van der Waals surface area contributed by atoms with Crippen LogP contribution < -0.4 is 10.6 Å². The molecule has 0 aromatic heterocycles. The van der Waals surface area contributed by atoms with Gasteiger partial charge in [-0.15, -0.1) is 0 Å². The highest BCUT2D eigenvalue weighted by atomic mass is 16.1. The molecule has 0 aromatic carbocycles. The van der Waals surface area contributed by atoms with Gasteiger partial charge in [-0.3, -0.25) is 4.79 Å². The molecule has 0 bridgehead atoms. The molecule has 1 rings (SSSR count). The second-order valence-electron chi connectivity index (χ2n) is 7.58. The first-order chi connectivity index (χ1) is 11.8. The van der Waals surface area contributed by atoms with Crippen LogP contribution in [0, 0.1) is 5.92 Å². The maximum absolute atomic E-state index is 11.8. The van der Waals surface area contributed by atoms with Crippen LogP contribution in [0.4, 0.5) is 0 Å². The Morgan fingerprint density at radius 3 is 1.79 bits per heavy atom. The normalized spacial score (nSPS) is 17.3. The lowest BCUT2D eigenvalue weighted by molar-refractivity contribution is -0.124. The van der Waals surface area contributed by atoms with Crippen LogP contribution in [0.1, 0.15) is 103 Å². The van der Waals surface area contributed by atoms with E-state index in [4.69, 9.17) is 0 Å². The lowest BCUT2D eigenvalue weighted by atomic mass is 10.0. The van der Waals surface area contributed by atoms with Crippen LogP contribution in [0.25, 0.3) is 0 Å². The Hall–Kier alpha value is -0.570. The van der Waals surface area contributed by atoms with E-state index in [0.717, 1.165) is 32.5 Å². The number of rotatable bonds is 16. The van der Waals surface area contributed by atoms with E-state index in [0.29, 0.717) is 0 Å². The molecule has 24 heavy (non-hydrogen) atoms. The molecule has 1 fully saturated rings. The monoisotopic (exact) mass is 338 g/mol. The van der Waals surface area contributed by atoms with Gasteiger partial charge in [0.15, 0.2) is 0 Å². The summed E-state index contributed by atoms with van der Waals surface area (Å²) >= 11 is 0. The maximum Gasteiger partial charge on any atom is 0.224 e. The number of unbranched alkanes of at least 4 members (excludes halogenated alkanes) is 13. The molecule has 0 aliphatic carbocycles. The van der Waals surface area contributed by atoms with E-state index in [1.807, 2.05) is 0 Å². The Kier molecular flexibility index (Phi) is 14.3. The summed E-state index contributed by atoms with van der Waals surface area (Å²) < 4.78 is 0. The molecule has 1 atom stereocenters. The van der Waals surface area contributed by atoms with E-state index in [1.165, 1.54) is 83.5 Å². The SMILES string of the molecule is CCCCCCCCCCCCCCCCNC(=O)[C@H]1CCNC1. The van der Waals surface area contributed by atoms with Gasteiger partial charge in [-0.05, 0) is 19.4 Å². The van der Waals surface area contributed by atoms with E-state index < -0.39 is 0 Å². The quantitative estimate of drug-likeness (QED) is 0.380. The number of carbonyl (C=O) groups excluding carboxylic acids is 1. The van der Waals surface area contributed by atoms with Crippen molar-refractivity contribution in [3.8, 4) is 0 Å². The van der Waals surface area contributed by atoms with Crippen molar-refractivity contribution in [3.63, 3.8) is 0 Å². The Balaban J connectivity index is 1.71. The first-order valence-corrected chi connectivity index (χ1v) is 10.8. The summed E-state index contributed by atoms with van der Waals surface area (Å²) in [5.41, 5.74) is 0. The van der Waals surface area contributed by atoms with Crippen LogP contribution in [0.3, 0.4) is 0 Å². The number of hydrogen-bond donors (Lipinski definition) is 2. The molecule has 0 unspecified atom stereocenters. The predicted molar refractivity (Wildman–Crippen MR) is 104 cm³/mol. The zero-order chi connectivity index (χ0) is 17.3. The topological polar surface area (TPSA) is 41.1 Å². The largest absolute Gasteiger partial charge is 0.356 e. The first-order valence-electron chi connectivity index (χ1n) is 10.8. The molecule has 3 heteroatoms. The second kappa shape index (κ2) is 15.9. The summed E-state index contributed by atoms with van der Waals surface area (Å²) in [6, 6.07) is 0. The zero-order valence-corrected chi connectivity index (χ0v) is 16.2. The highest BCUT2D eigenvalue weighted by molar-refractivity contribution is 5.79. The minimum absolute atomic E-state index is 0.219. The highest BCUT2D eigenvalue weighted by Crippen LogP contribution is 2.13. The van der Waals surface area contributed by atoms with Crippen LogP contribution >= 0.6 is 0 Å². The van der Waals surface area contributed by atoms with Gasteiger partial charge < -0.3 is 10.6 Å².